The fraction of sp³-hybridized carbons (Fsp3) is 1.00. The van der Waals surface area contributed by atoms with Gasteiger partial charge in [-0.2, -0.15) is 0 Å². The van der Waals surface area contributed by atoms with Gasteiger partial charge in [-0.25, -0.2) is 0 Å². The molecule has 2 rings (SSSR count). The maximum atomic E-state index is 9.55. The Morgan fingerprint density at radius 3 is 2.18 bits per heavy atom. The Kier molecular flexibility index (Phi) is 4.42. The van der Waals surface area contributed by atoms with Crippen molar-refractivity contribution in [2.45, 2.75) is 44.8 Å². The number of rotatable bonds is 5. The molecule has 4 nitrogen and oxygen atoms in total. The molecule has 0 bridgehead atoms. The average molecular weight is 241 g/mol. The second kappa shape index (κ2) is 5.65. The summed E-state index contributed by atoms with van der Waals surface area (Å²) in [5.74, 6) is 0.425. The van der Waals surface area contributed by atoms with Crippen molar-refractivity contribution in [3.63, 3.8) is 0 Å². The summed E-state index contributed by atoms with van der Waals surface area (Å²) in [4.78, 5) is 4.97. The van der Waals surface area contributed by atoms with Crippen molar-refractivity contribution in [3.8, 4) is 0 Å². The van der Waals surface area contributed by atoms with Crippen LogP contribution >= 0.6 is 0 Å². The van der Waals surface area contributed by atoms with Crippen LogP contribution in [0.15, 0.2) is 0 Å². The van der Waals surface area contributed by atoms with Gasteiger partial charge in [-0.1, -0.05) is 13.8 Å². The molecule has 1 saturated carbocycles. The first-order valence-corrected chi connectivity index (χ1v) is 6.98. The molecular weight excluding hydrogens is 214 g/mol. The summed E-state index contributed by atoms with van der Waals surface area (Å²) in [7, 11) is 0. The van der Waals surface area contributed by atoms with Crippen molar-refractivity contribution in [1.82, 2.24) is 9.80 Å². The van der Waals surface area contributed by atoms with Gasteiger partial charge in [0.05, 0.1) is 6.61 Å². The minimum absolute atomic E-state index is 0.0764. The summed E-state index contributed by atoms with van der Waals surface area (Å²) in [5.41, 5.74) is 6.19. The third-order valence-corrected chi connectivity index (χ3v) is 4.28. The quantitative estimate of drug-likeness (QED) is 0.717. The highest BCUT2D eigenvalue weighted by Gasteiger charge is 2.34. The smallest absolute Gasteiger partial charge is 0.0602 e. The number of piperazine rings is 1. The van der Waals surface area contributed by atoms with Crippen LogP contribution in [-0.4, -0.2) is 65.8 Å². The van der Waals surface area contributed by atoms with Gasteiger partial charge in [0, 0.05) is 44.3 Å². The molecular formula is C13H27N3O. The standard InChI is InChI=1S/C13H27N3O/c1-10(2)13(14)12(9-17)16-7-5-15(6-8-16)11-3-4-11/h10-13,17H,3-9,14H2,1-2H3. The zero-order valence-electron chi connectivity index (χ0n) is 11.2. The zero-order chi connectivity index (χ0) is 12.4. The normalized spacial score (nSPS) is 27.4. The highest BCUT2D eigenvalue weighted by Crippen LogP contribution is 2.28. The lowest BCUT2D eigenvalue weighted by molar-refractivity contribution is 0.0433. The van der Waals surface area contributed by atoms with Crippen LogP contribution in [-0.2, 0) is 0 Å². The molecule has 4 heteroatoms. The third kappa shape index (κ3) is 3.19. The number of nitrogens with two attached hydrogens (primary N) is 1. The minimum Gasteiger partial charge on any atom is -0.395 e. The van der Waals surface area contributed by atoms with E-state index in [2.05, 4.69) is 23.6 Å². The molecule has 1 aliphatic heterocycles. The van der Waals surface area contributed by atoms with Gasteiger partial charge in [0.2, 0.25) is 0 Å². The molecule has 1 heterocycles. The zero-order valence-corrected chi connectivity index (χ0v) is 11.2. The van der Waals surface area contributed by atoms with Crippen LogP contribution in [0.1, 0.15) is 26.7 Å². The summed E-state index contributed by atoms with van der Waals surface area (Å²) in [6.07, 6.45) is 2.77. The van der Waals surface area contributed by atoms with Gasteiger partial charge in [0.25, 0.3) is 0 Å². The predicted molar refractivity (Wildman–Crippen MR) is 69.9 cm³/mol. The maximum Gasteiger partial charge on any atom is 0.0602 e. The predicted octanol–water partition coefficient (Wildman–Crippen LogP) is 0.111. The number of hydrogen-bond acceptors (Lipinski definition) is 4. The average Bonchev–Trinajstić information content (AvgIpc) is 3.14. The lowest BCUT2D eigenvalue weighted by Crippen LogP contribution is -2.58. The fourth-order valence-electron chi connectivity index (χ4n) is 2.80. The summed E-state index contributed by atoms with van der Waals surface area (Å²) >= 11 is 0. The van der Waals surface area contributed by atoms with Crippen LogP contribution in [0.4, 0.5) is 0 Å². The van der Waals surface area contributed by atoms with Crippen molar-refractivity contribution in [2.75, 3.05) is 32.8 Å². The maximum absolute atomic E-state index is 9.55. The molecule has 0 aromatic carbocycles. The lowest BCUT2D eigenvalue weighted by atomic mass is 9.96. The van der Waals surface area contributed by atoms with E-state index in [0.29, 0.717) is 5.92 Å². The van der Waals surface area contributed by atoms with E-state index in [0.717, 1.165) is 32.2 Å². The molecule has 1 aliphatic carbocycles. The summed E-state index contributed by atoms with van der Waals surface area (Å²) in [5, 5.41) is 9.55. The van der Waals surface area contributed by atoms with Crippen molar-refractivity contribution in [2.24, 2.45) is 11.7 Å². The Morgan fingerprint density at radius 1 is 1.18 bits per heavy atom. The van der Waals surface area contributed by atoms with Crippen LogP contribution in [0.5, 0.6) is 0 Å². The first-order valence-electron chi connectivity index (χ1n) is 6.98. The SMILES string of the molecule is CC(C)C(N)C(CO)N1CCN(C2CC2)CC1. The number of nitrogens with zero attached hydrogens (tertiary/aromatic N) is 2. The summed E-state index contributed by atoms with van der Waals surface area (Å²) in [6, 6.07) is 1.08. The van der Waals surface area contributed by atoms with Gasteiger partial charge in [0.1, 0.15) is 0 Å². The molecule has 0 radical (unpaired) electrons. The van der Waals surface area contributed by atoms with E-state index in [1.54, 1.807) is 0 Å². The monoisotopic (exact) mass is 241 g/mol. The lowest BCUT2D eigenvalue weighted by Gasteiger charge is -2.41. The molecule has 0 aromatic heterocycles. The number of hydrogen-bond donors (Lipinski definition) is 2. The van der Waals surface area contributed by atoms with E-state index < -0.39 is 0 Å². The van der Waals surface area contributed by atoms with Crippen LogP contribution in [0.3, 0.4) is 0 Å². The van der Waals surface area contributed by atoms with E-state index in [9.17, 15) is 5.11 Å². The van der Waals surface area contributed by atoms with Crippen molar-refractivity contribution in [3.05, 3.63) is 0 Å². The fourth-order valence-corrected chi connectivity index (χ4v) is 2.80. The molecule has 3 N–H and O–H groups in total. The van der Waals surface area contributed by atoms with E-state index in [-0.39, 0.29) is 18.7 Å². The van der Waals surface area contributed by atoms with Crippen molar-refractivity contribution in [1.29, 1.82) is 0 Å². The molecule has 2 atom stereocenters. The number of aliphatic hydroxyl groups is 1. The highest BCUT2D eigenvalue weighted by molar-refractivity contribution is 4.91. The first kappa shape index (κ1) is 13.3. The van der Waals surface area contributed by atoms with E-state index >= 15 is 0 Å². The summed E-state index contributed by atoms with van der Waals surface area (Å²) in [6.45, 7) is 8.85. The first-order chi connectivity index (χ1) is 8.13. The molecule has 17 heavy (non-hydrogen) atoms. The Labute approximate surface area is 105 Å². The van der Waals surface area contributed by atoms with E-state index in [4.69, 9.17) is 5.73 Å². The van der Waals surface area contributed by atoms with Crippen molar-refractivity contribution >= 4 is 0 Å². The van der Waals surface area contributed by atoms with Crippen LogP contribution in [0, 0.1) is 5.92 Å². The van der Waals surface area contributed by atoms with Gasteiger partial charge < -0.3 is 10.8 Å². The molecule has 0 aromatic rings. The second-order valence-corrected chi connectivity index (χ2v) is 5.87. The molecule has 0 spiro atoms. The van der Waals surface area contributed by atoms with E-state index in [1.165, 1.54) is 12.8 Å². The largest absolute Gasteiger partial charge is 0.395 e. The van der Waals surface area contributed by atoms with Gasteiger partial charge in [0.15, 0.2) is 0 Å². The number of aliphatic hydroxyl groups excluding tert-OH is 1. The Morgan fingerprint density at radius 2 is 1.76 bits per heavy atom. The summed E-state index contributed by atoms with van der Waals surface area (Å²) < 4.78 is 0. The Bertz CT molecular complexity index is 235. The van der Waals surface area contributed by atoms with Crippen molar-refractivity contribution < 1.29 is 5.11 Å². The van der Waals surface area contributed by atoms with Gasteiger partial charge in [-0.15, -0.1) is 0 Å². The molecule has 100 valence electrons. The van der Waals surface area contributed by atoms with Gasteiger partial charge >= 0.3 is 0 Å². The van der Waals surface area contributed by atoms with Gasteiger partial charge in [-0.05, 0) is 18.8 Å². The molecule has 0 amide bonds. The van der Waals surface area contributed by atoms with Crippen LogP contribution in [0.2, 0.25) is 0 Å². The minimum atomic E-state index is 0.0764. The highest BCUT2D eigenvalue weighted by atomic mass is 16.3. The molecule has 2 aliphatic rings. The molecule has 1 saturated heterocycles. The van der Waals surface area contributed by atoms with Crippen LogP contribution < -0.4 is 5.73 Å². The molecule has 2 fully saturated rings. The Balaban J connectivity index is 1.84. The van der Waals surface area contributed by atoms with Gasteiger partial charge in [-0.3, -0.25) is 9.80 Å². The Hall–Kier alpha value is -0.160. The topological polar surface area (TPSA) is 52.7 Å². The van der Waals surface area contributed by atoms with E-state index in [1.807, 2.05) is 0 Å². The second-order valence-electron chi connectivity index (χ2n) is 5.87. The third-order valence-electron chi connectivity index (χ3n) is 4.28. The van der Waals surface area contributed by atoms with Crippen LogP contribution in [0.25, 0.3) is 0 Å². The molecule has 2 unspecified atom stereocenters.